The zero-order valence-electron chi connectivity index (χ0n) is 10.7. The highest BCUT2D eigenvalue weighted by Gasteiger charge is 2.38. The Kier molecular flexibility index (Phi) is 4.40. The molecule has 0 aliphatic heterocycles. The van der Waals surface area contributed by atoms with Crippen molar-refractivity contribution in [3.05, 3.63) is 35.4 Å². The number of carbonyl (C=O) groups excluding carboxylic acids is 1. The lowest BCUT2D eigenvalue weighted by atomic mass is 9.73. The van der Waals surface area contributed by atoms with Gasteiger partial charge in [-0.1, -0.05) is 13.0 Å². The Hall–Kier alpha value is -1.49. The van der Waals surface area contributed by atoms with E-state index in [0.717, 1.165) is 12.1 Å². The van der Waals surface area contributed by atoms with Gasteiger partial charge in [-0.05, 0) is 19.1 Å². The molecule has 0 aliphatic rings. The van der Waals surface area contributed by atoms with Crippen molar-refractivity contribution in [3.8, 4) is 0 Å². The Morgan fingerprint density at radius 1 is 1.44 bits per heavy atom. The Bertz CT molecular complexity index is 428. The van der Waals surface area contributed by atoms with Crippen LogP contribution in [-0.4, -0.2) is 19.1 Å². The molecule has 0 aromatic heterocycles. The van der Waals surface area contributed by atoms with Crippen LogP contribution >= 0.6 is 0 Å². The minimum absolute atomic E-state index is 0.176. The second-order valence-corrected chi connectivity index (χ2v) is 4.56. The molecule has 0 amide bonds. The molecule has 0 radical (unpaired) electrons. The molecule has 0 spiro atoms. The quantitative estimate of drug-likeness (QED) is 0.841. The van der Waals surface area contributed by atoms with Gasteiger partial charge in [-0.15, -0.1) is 0 Å². The van der Waals surface area contributed by atoms with Crippen molar-refractivity contribution >= 4 is 5.97 Å². The molecule has 1 aromatic carbocycles. The molecule has 0 saturated carbocycles. The van der Waals surface area contributed by atoms with E-state index < -0.39 is 29.1 Å². The lowest BCUT2D eigenvalue weighted by molar-refractivity contribution is -0.142. The third-order valence-electron chi connectivity index (χ3n) is 3.28. The topological polar surface area (TPSA) is 52.3 Å². The van der Waals surface area contributed by atoms with E-state index in [1.165, 1.54) is 13.2 Å². The first-order chi connectivity index (χ1) is 8.32. The molecule has 0 bridgehead atoms. The minimum atomic E-state index is -1.15. The summed E-state index contributed by atoms with van der Waals surface area (Å²) in [7, 11) is 1.22. The number of esters is 1. The molecule has 5 heteroatoms. The van der Waals surface area contributed by atoms with E-state index in [2.05, 4.69) is 4.74 Å². The zero-order chi connectivity index (χ0) is 13.9. The molecule has 0 heterocycles. The van der Waals surface area contributed by atoms with E-state index in [4.69, 9.17) is 5.73 Å². The van der Waals surface area contributed by atoms with E-state index in [9.17, 15) is 13.6 Å². The van der Waals surface area contributed by atoms with Gasteiger partial charge in [0, 0.05) is 17.0 Å². The number of hydrogen-bond acceptors (Lipinski definition) is 3. The summed E-state index contributed by atoms with van der Waals surface area (Å²) in [5, 5.41) is 0. The molecule has 0 aliphatic carbocycles. The lowest BCUT2D eigenvalue weighted by Crippen LogP contribution is -2.44. The smallest absolute Gasteiger partial charge is 0.306 e. The second kappa shape index (κ2) is 5.44. The van der Waals surface area contributed by atoms with E-state index >= 15 is 0 Å². The Morgan fingerprint density at radius 3 is 2.33 bits per heavy atom. The van der Waals surface area contributed by atoms with Gasteiger partial charge in [-0.2, -0.15) is 0 Å². The van der Waals surface area contributed by atoms with Crippen molar-refractivity contribution in [2.24, 2.45) is 5.73 Å². The van der Waals surface area contributed by atoms with Gasteiger partial charge in [0.15, 0.2) is 0 Å². The number of carbonyl (C=O) groups is 1. The zero-order valence-corrected chi connectivity index (χ0v) is 10.7. The highest BCUT2D eigenvalue weighted by Crippen LogP contribution is 2.34. The van der Waals surface area contributed by atoms with Crippen molar-refractivity contribution in [1.29, 1.82) is 0 Å². The summed E-state index contributed by atoms with van der Waals surface area (Å²) in [6.45, 7) is 3.16. The minimum Gasteiger partial charge on any atom is -0.469 e. The van der Waals surface area contributed by atoms with Crippen LogP contribution in [0.2, 0.25) is 0 Å². The van der Waals surface area contributed by atoms with Gasteiger partial charge in [0.1, 0.15) is 11.6 Å². The van der Waals surface area contributed by atoms with Gasteiger partial charge in [-0.25, -0.2) is 8.78 Å². The fourth-order valence-electron chi connectivity index (χ4n) is 1.89. The molecule has 0 fully saturated rings. The predicted molar refractivity (Wildman–Crippen MR) is 64.0 cm³/mol. The molecule has 18 heavy (non-hydrogen) atoms. The molecule has 100 valence electrons. The summed E-state index contributed by atoms with van der Waals surface area (Å²) in [6, 6.07) is 2.96. The third-order valence-corrected chi connectivity index (χ3v) is 3.28. The van der Waals surface area contributed by atoms with Crippen LogP contribution in [0.4, 0.5) is 8.78 Å². The highest BCUT2D eigenvalue weighted by molar-refractivity contribution is 5.71. The molecule has 1 rings (SSSR count). The number of ether oxygens (including phenoxy) is 1. The van der Waals surface area contributed by atoms with Gasteiger partial charge < -0.3 is 10.5 Å². The van der Waals surface area contributed by atoms with Crippen LogP contribution in [0.15, 0.2) is 18.2 Å². The average molecular weight is 257 g/mol. The fourth-order valence-corrected chi connectivity index (χ4v) is 1.89. The maximum absolute atomic E-state index is 13.8. The highest BCUT2D eigenvalue weighted by atomic mass is 19.1. The van der Waals surface area contributed by atoms with Crippen LogP contribution in [0.3, 0.4) is 0 Å². The van der Waals surface area contributed by atoms with Crippen molar-refractivity contribution in [2.75, 3.05) is 7.11 Å². The first kappa shape index (κ1) is 14.6. The number of halogens is 2. The molecule has 2 N–H and O–H groups in total. The van der Waals surface area contributed by atoms with E-state index in [0.29, 0.717) is 0 Å². The summed E-state index contributed by atoms with van der Waals surface area (Å²) in [5.74, 6) is -1.98. The summed E-state index contributed by atoms with van der Waals surface area (Å²) in [4.78, 5) is 11.4. The van der Waals surface area contributed by atoms with Crippen molar-refractivity contribution < 1.29 is 18.3 Å². The normalized spacial score (nSPS) is 15.9. The number of methoxy groups -OCH3 is 1. The van der Waals surface area contributed by atoms with Crippen molar-refractivity contribution in [2.45, 2.75) is 31.7 Å². The number of rotatable bonds is 4. The standard InChI is InChI=1S/C13H17F2NO2/c1-8(16)13(2,7-11(17)18-3)12-9(14)5-4-6-10(12)15/h4-6,8H,7,16H2,1-3H3. The van der Waals surface area contributed by atoms with Crippen LogP contribution < -0.4 is 5.73 Å². The van der Waals surface area contributed by atoms with Gasteiger partial charge >= 0.3 is 5.97 Å². The van der Waals surface area contributed by atoms with Crippen LogP contribution in [0, 0.1) is 11.6 Å². The van der Waals surface area contributed by atoms with Gasteiger partial charge in [0.05, 0.1) is 13.5 Å². The van der Waals surface area contributed by atoms with E-state index in [1.807, 2.05) is 0 Å². The molecule has 3 nitrogen and oxygen atoms in total. The van der Waals surface area contributed by atoms with E-state index in [1.54, 1.807) is 13.8 Å². The van der Waals surface area contributed by atoms with Crippen LogP contribution in [-0.2, 0) is 14.9 Å². The third kappa shape index (κ3) is 2.67. The number of nitrogens with two attached hydrogens (primary N) is 1. The first-order valence-electron chi connectivity index (χ1n) is 5.59. The SMILES string of the molecule is COC(=O)CC(C)(c1c(F)cccc1F)C(C)N. The monoisotopic (exact) mass is 257 g/mol. The predicted octanol–water partition coefficient (Wildman–Crippen LogP) is 2.13. The fraction of sp³-hybridized carbons (Fsp3) is 0.462. The largest absolute Gasteiger partial charge is 0.469 e. The molecular weight excluding hydrogens is 240 g/mol. The van der Waals surface area contributed by atoms with Gasteiger partial charge in [-0.3, -0.25) is 4.79 Å². The molecule has 0 saturated heterocycles. The van der Waals surface area contributed by atoms with Crippen molar-refractivity contribution in [1.82, 2.24) is 0 Å². The molecule has 2 atom stereocenters. The summed E-state index contributed by atoms with van der Waals surface area (Å²) in [6.07, 6.45) is -0.182. The number of benzene rings is 1. The van der Waals surface area contributed by atoms with Crippen molar-refractivity contribution in [3.63, 3.8) is 0 Å². The Labute approximate surface area is 105 Å². The molecular formula is C13H17F2NO2. The maximum Gasteiger partial charge on any atom is 0.306 e. The summed E-state index contributed by atoms with van der Waals surface area (Å²) >= 11 is 0. The number of hydrogen-bond donors (Lipinski definition) is 1. The van der Waals surface area contributed by atoms with Crippen LogP contribution in [0.1, 0.15) is 25.8 Å². The molecule has 1 aromatic rings. The van der Waals surface area contributed by atoms with Gasteiger partial charge in [0.25, 0.3) is 0 Å². The van der Waals surface area contributed by atoms with Crippen LogP contribution in [0.5, 0.6) is 0 Å². The maximum atomic E-state index is 13.8. The second-order valence-electron chi connectivity index (χ2n) is 4.56. The average Bonchev–Trinajstić information content (AvgIpc) is 2.28. The Balaban J connectivity index is 3.31. The molecule has 2 unspecified atom stereocenters. The first-order valence-corrected chi connectivity index (χ1v) is 5.59. The summed E-state index contributed by atoms with van der Waals surface area (Å²) < 4.78 is 32.2. The summed E-state index contributed by atoms with van der Waals surface area (Å²) in [5.41, 5.74) is 4.48. The van der Waals surface area contributed by atoms with Crippen LogP contribution in [0.25, 0.3) is 0 Å². The Morgan fingerprint density at radius 2 is 1.94 bits per heavy atom. The van der Waals surface area contributed by atoms with E-state index in [-0.39, 0.29) is 12.0 Å². The van der Waals surface area contributed by atoms with Gasteiger partial charge in [0.2, 0.25) is 0 Å². The lowest BCUT2D eigenvalue weighted by Gasteiger charge is -2.33.